The molecule has 0 bridgehead atoms. The van der Waals surface area contributed by atoms with Crippen LogP contribution in [-0.2, 0) is 4.79 Å². The summed E-state index contributed by atoms with van der Waals surface area (Å²) in [5, 5.41) is 0. The van der Waals surface area contributed by atoms with Gasteiger partial charge in [-0.3, -0.25) is 4.79 Å². The van der Waals surface area contributed by atoms with Crippen LogP contribution in [0, 0.1) is 17.6 Å². The molecule has 16 heavy (non-hydrogen) atoms. The molecule has 1 fully saturated rings. The second kappa shape index (κ2) is 4.20. The van der Waals surface area contributed by atoms with Gasteiger partial charge in [-0.1, -0.05) is 0 Å². The van der Waals surface area contributed by atoms with Gasteiger partial charge in [0, 0.05) is 24.2 Å². The summed E-state index contributed by atoms with van der Waals surface area (Å²) in [6.45, 7) is 2.29. The van der Waals surface area contributed by atoms with E-state index in [0.29, 0.717) is 12.2 Å². The number of halogens is 2. The summed E-state index contributed by atoms with van der Waals surface area (Å²) in [5.74, 6) is -1.72. The fraction of sp³-hybridized carbons (Fsp3) is 0.417. The maximum Gasteiger partial charge on any atom is 0.230 e. The zero-order chi connectivity index (χ0) is 11.7. The smallest absolute Gasteiger partial charge is 0.230 e. The number of hydrogen-bond donors (Lipinski definition) is 0. The average Bonchev–Trinajstić information content (AvgIpc) is 3.07. The Kier molecular flexibility index (Phi) is 2.90. The van der Waals surface area contributed by atoms with Crippen LogP contribution >= 0.6 is 0 Å². The zero-order valence-electron chi connectivity index (χ0n) is 9.04. The largest absolute Gasteiger partial charge is 0.312 e. The molecule has 0 aromatic heterocycles. The molecule has 1 aromatic carbocycles. The number of carbonyl (C=O) groups excluding carboxylic acids is 1. The first-order valence-electron chi connectivity index (χ1n) is 5.40. The Bertz CT molecular complexity index is 415. The summed E-state index contributed by atoms with van der Waals surface area (Å²) in [4.78, 5) is 13.3. The van der Waals surface area contributed by atoms with Crippen molar-refractivity contribution in [2.24, 2.45) is 5.92 Å². The molecule has 0 spiro atoms. The molecule has 1 aliphatic rings. The summed E-state index contributed by atoms with van der Waals surface area (Å²) in [6.07, 6.45) is 1.80. The summed E-state index contributed by atoms with van der Waals surface area (Å²) >= 11 is 0. The third kappa shape index (κ3) is 2.05. The Labute approximate surface area is 92.9 Å². The molecular formula is C12H13F2NO. The number of amides is 1. The summed E-state index contributed by atoms with van der Waals surface area (Å²) in [6, 6.07) is 3.55. The van der Waals surface area contributed by atoms with Gasteiger partial charge in [-0.05, 0) is 31.9 Å². The molecule has 4 heteroatoms. The first kappa shape index (κ1) is 11.0. The van der Waals surface area contributed by atoms with Gasteiger partial charge in [0.25, 0.3) is 0 Å². The first-order valence-corrected chi connectivity index (χ1v) is 5.40. The van der Waals surface area contributed by atoms with E-state index in [1.807, 2.05) is 6.92 Å². The highest BCUT2D eigenvalue weighted by Gasteiger charge is 2.33. The molecule has 2 nitrogen and oxygen atoms in total. The lowest BCUT2D eigenvalue weighted by Crippen LogP contribution is -2.31. The van der Waals surface area contributed by atoms with E-state index in [2.05, 4.69) is 0 Å². The maximum absolute atomic E-state index is 13.0. The van der Waals surface area contributed by atoms with E-state index in [0.717, 1.165) is 25.0 Å². The van der Waals surface area contributed by atoms with Crippen molar-refractivity contribution in [2.45, 2.75) is 19.8 Å². The van der Waals surface area contributed by atoms with Crippen molar-refractivity contribution in [1.29, 1.82) is 0 Å². The number of carbonyl (C=O) groups is 1. The molecule has 1 aromatic rings. The summed E-state index contributed by atoms with van der Waals surface area (Å²) in [7, 11) is 0. The number of hydrogen-bond acceptors (Lipinski definition) is 1. The van der Waals surface area contributed by atoms with Gasteiger partial charge in [0.15, 0.2) is 11.6 Å². The number of benzene rings is 1. The fourth-order valence-corrected chi connectivity index (χ4v) is 1.67. The van der Waals surface area contributed by atoms with Gasteiger partial charge in [0.05, 0.1) is 0 Å². The van der Waals surface area contributed by atoms with E-state index in [4.69, 9.17) is 0 Å². The summed E-state index contributed by atoms with van der Waals surface area (Å²) < 4.78 is 25.8. The lowest BCUT2D eigenvalue weighted by Gasteiger charge is -2.21. The van der Waals surface area contributed by atoms with Crippen molar-refractivity contribution in [3.63, 3.8) is 0 Å². The number of rotatable bonds is 3. The fourth-order valence-electron chi connectivity index (χ4n) is 1.67. The Morgan fingerprint density at radius 2 is 2.06 bits per heavy atom. The van der Waals surface area contributed by atoms with Crippen LogP contribution in [0.5, 0.6) is 0 Å². The number of anilines is 1. The third-order valence-electron chi connectivity index (χ3n) is 2.72. The summed E-state index contributed by atoms with van der Waals surface area (Å²) in [5.41, 5.74) is 0.429. The van der Waals surface area contributed by atoms with Crippen LogP contribution < -0.4 is 4.90 Å². The van der Waals surface area contributed by atoms with Crippen LogP contribution in [0.25, 0.3) is 0 Å². The van der Waals surface area contributed by atoms with Crippen molar-refractivity contribution >= 4 is 11.6 Å². The molecular weight excluding hydrogens is 212 g/mol. The second-order valence-corrected chi connectivity index (χ2v) is 3.96. The van der Waals surface area contributed by atoms with Gasteiger partial charge in [-0.15, -0.1) is 0 Å². The molecule has 1 aliphatic carbocycles. The normalized spacial score (nSPS) is 14.9. The molecule has 0 heterocycles. The molecule has 1 saturated carbocycles. The average molecular weight is 225 g/mol. The Morgan fingerprint density at radius 3 is 2.56 bits per heavy atom. The molecule has 0 atom stereocenters. The standard InChI is InChI=1S/C12H13F2NO/c1-2-15(12(16)8-3-4-8)9-5-6-10(13)11(14)7-9/h5-8H,2-4H2,1H3. The topological polar surface area (TPSA) is 20.3 Å². The minimum Gasteiger partial charge on any atom is -0.312 e. The predicted octanol–water partition coefficient (Wildman–Crippen LogP) is 2.73. The Morgan fingerprint density at radius 1 is 1.38 bits per heavy atom. The highest BCUT2D eigenvalue weighted by molar-refractivity contribution is 5.96. The Hall–Kier alpha value is -1.45. The van der Waals surface area contributed by atoms with Crippen LogP contribution in [0.4, 0.5) is 14.5 Å². The van der Waals surface area contributed by atoms with Gasteiger partial charge in [-0.25, -0.2) is 8.78 Å². The van der Waals surface area contributed by atoms with E-state index < -0.39 is 11.6 Å². The van der Waals surface area contributed by atoms with Gasteiger partial charge in [0.1, 0.15) is 0 Å². The monoisotopic (exact) mass is 225 g/mol. The molecule has 1 amide bonds. The zero-order valence-corrected chi connectivity index (χ0v) is 9.04. The van der Waals surface area contributed by atoms with Crippen molar-refractivity contribution in [3.05, 3.63) is 29.8 Å². The molecule has 2 rings (SSSR count). The van der Waals surface area contributed by atoms with Crippen LogP contribution in [0.15, 0.2) is 18.2 Å². The van der Waals surface area contributed by atoms with E-state index in [9.17, 15) is 13.6 Å². The minimum absolute atomic E-state index is 0.00788. The highest BCUT2D eigenvalue weighted by Crippen LogP contribution is 2.32. The SMILES string of the molecule is CCN(C(=O)C1CC1)c1ccc(F)c(F)c1. The number of nitrogens with zero attached hydrogens (tertiary/aromatic N) is 1. The highest BCUT2D eigenvalue weighted by atomic mass is 19.2. The molecule has 0 aliphatic heterocycles. The molecule has 0 radical (unpaired) electrons. The van der Waals surface area contributed by atoms with Gasteiger partial charge >= 0.3 is 0 Å². The van der Waals surface area contributed by atoms with Crippen LogP contribution in [0.1, 0.15) is 19.8 Å². The van der Waals surface area contributed by atoms with Gasteiger partial charge < -0.3 is 4.90 Å². The third-order valence-corrected chi connectivity index (χ3v) is 2.72. The van der Waals surface area contributed by atoms with Crippen LogP contribution in [0.2, 0.25) is 0 Å². The molecule has 0 unspecified atom stereocenters. The minimum atomic E-state index is -0.917. The van der Waals surface area contributed by atoms with E-state index in [1.165, 1.54) is 11.0 Å². The van der Waals surface area contributed by atoms with E-state index in [-0.39, 0.29) is 11.8 Å². The van der Waals surface area contributed by atoms with Gasteiger partial charge in [0.2, 0.25) is 5.91 Å². The van der Waals surface area contributed by atoms with Crippen molar-refractivity contribution in [3.8, 4) is 0 Å². The Balaban J connectivity index is 2.25. The van der Waals surface area contributed by atoms with Gasteiger partial charge in [-0.2, -0.15) is 0 Å². The van der Waals surface area contributed by atoms with E-state index >= 15 is 0 Å². The molecule has 0 N–H and O–H groups in total. The van der Waals surface area contributed by atoms with Crippen molar-refractivity contribution in [2.75, 3.05) is 11.4 Å². The van der Waals surface area contributed by atoms with Crippen molar-refractivity contribution < 1.29 is 13.6 Å². The first-order chi connectivity index (χ1) is 7.63. The molecule has 86 valence electrons. The lowest BCUT2D eigenvalue weighted by atomic mass is 10.2. The van der Waals surface area contributed by atoms with Crippen LogP contribution in [0.3, 0.4) is 0 Å². The lowest BCUT2D eigenvalue weighted by molar-refractivity contribution is -0.119. The van der Waals surface area contributed by atoms with E-state index in [1.54, 1.807) is 0 Å². The van der Waals surface area contributed by atoms with Crippen LogP contribution in [-0.4, -0.2) is 12.5 Å². The predicted molar refractivity (Wildman–Crippen MR) is 57.1 cm³/mol. The quantitative estimate of drug-likeness (QED) is 0.774. The maximum atomic E-state index is 13.0. The second-order valence-electron chi connectivity index (χ2n) is 3.96. The van der Waals surface area contributed by atoms with Crippen molar-refractivity contribution in [1.82, 2.24) is 0 Å². The molecule has 0 saturated heterocycles.